The van der Waals surface area contributed by atoms with Crippen molar-refractivity contribution in [2.75, 3.05) is 0 Å². The summed E-state index contributed by atoms with van der Waals surface area (Å²) >= 11 is 0. The predicted molar refractivity (Wildman–Crippen MR) is 110 cm³/mol. The first-order valence-corrected chi connectivity index (χ1v) is 11.1. The van der Waals surface area contributed by atoms with Gasteiger partial charge < -0.3 is 5.11 Å². The smallest absolute Gasteiger partial charge is 0.331 e. The average Bonchev–Trinajstić information content (AvgIpc) is 2.60. The normalized spacial score (nSPS) is 12.2. The van der Waals surface area contributed by atoms with Crippen LogP contribution in [0, 0.1) is 5.92 Å². The van der Waals surface area contributed by atoms with Crippen molar-refractivity contribution in [3.8, 4) is 0 Å². The van der Waals surface area contributed by atoms with Gasteiger partial charge in [0, 0.05) is 5.57 Å². The zero-order chi connectivity index (χ0) is 18.8. The first-order valence-electron chi connectivity index (χ1n) is 11.1. The molecule has 0 fully saturated rings. The van der Waals surface area contributed by atoms with E-state index in [4.69, 9.17) is 5.11 Å². The topological polar surface area (TPSA) is 37.3 Å². The summed E-state index contributed by atoms with van der Waals surface area (Å²) in [4.78, 5) is 11.1. The Bertz CT molecular complexity index is 322. The van der Waals surface area contributed by atoms with E-state index in [1.807, 2.05) is 0 Å². The van der Waals surface area contributed by atoms with E-state index < -0.39 is 5.97 Å². The molecule has 2 heteroatoms. The quantitative estimate of drug-likeness (QED) is 0.189. The number of hydrogen-bond acceptors (Lipinski definition) is 1. The molecule has 2 nitrogen and oxygen atoms in total. The van der Waals surface area contributed by atoms with Crippen LogP contribution in [0.25, 0.3) is 0 Å². The highest BCUT2D eigenvalue weighted by Crippen LogP contribution is 2.24. The van der Waals surface area contributed by atoms with Crippen molar-refractivity contribution in [2.24, 2.45) is 5.92 Å². The van der Waals surface area contributed by atoms with Gasteiger partial charge in [0.15, 0.2) is 0 Å². The Morgan fingerprint density at radius 2 is 1.04 bits per heavy atom. The van der Waals surface area contributed by atoms with Gasteiger partial charge in [-0.15, -0.1) is 0 Å². The second kappa shape index (κ2) is 18.0. The zero-order valence-electron chi connectivity index (χ0n) is 17.2. The highest BCUT2D eigenvalue weighted by atomic mass is 16.4. The van der Waals surface area contributed by atoms with Crippen molar-refractivity contribution in [1.82, 2.24) is 0 Å². The van der Waals surface area contributed by atoms with Crippen LogP contribution in [0.2, 0.25) is 0 Å². The lowest BCUT2D eigenvalue weighted by Crippen LogP contribution is -2.12. The molecule has 0 amide bonds. The van der Waals surface area contributed by atoms with Gasteiger partial charge in [0.05, 0.1) is 0 Å². The predicted octanol–water partition coefficient (Wildman–Crippen LogP) is 7.91. The number of hydrogen-bond donors (Lipinski definition) is 1. The highest BCUT2D eigenvalue weighted by Gasteiger charge is 2.17. The van der Waals surface area contributed by atoms with E-state index in [9.17, 15) is 4.79 Å². The standard InChI is InChI=1S/C23H44O2/c1-4-6-8-9-10-11-12-13-14-15-16-17-18-20-22(19-7-5-2)21(3)23(24)25/h22H,3-20H2,1-2H3,(H,24,25). The molecule has 148 valence electrons. The van der Waals surface area contributed by atoms with Crippen molar-refractivity contribution < 1.29 is 9.90 Å². The fourth-order valence-corrected chi connectivity index (χ4v) is 3.53. The summed E-state index contributed by atoms with van der Waals surface area (Å²) in [5, 5.41) is 9.16. The van der Waals surface area contributed by atoms with Crippen molar-refractivity contribution in [1.29, 1.82) is 0 Å². The minimum absolute atomic E-state index is 0.185. The average molecular weight is 353 g/mol. The van der Waals surface area contributed by atoms with Crippen LogP contribution in [0.3, 0.4) is 0 Å². The van der Waals surface area contributed by atoms with Gasteiger partial charge >= 0.3 is 5.97 Å². The maximum absolute atomic E-state index is 11.1. The molecule has 0 aromatic carbocycles. The third kappa shape index (κ3) is 15.2. The summed E-state index contributed by atoms with van der Waals surface area (Å²) in [5.41, 5.74) is 0.424. The summed E-state index contributed by atoms with van der Waals surface area (Å²) in [5.74, 6) is -0.624. The molecule has 0 saturated carbocycles. The Labute approximate surface area is 157 Å². The van der Waals surface area contributed by atoms with Crippen molar-refractivity contribution in [3.05, 3.63) is 12.2 Å². The Kier molecular flexibility index (Phi) is 17.4. The molecular formula is C23H44O2. The van der Waals surface area contributed by atoms with Crippen molar-refractivity contribution in [3.63, 3.8) is 0 Å². The van der Waals surface area contributed by atoms with Gasteiger partial charge in [0.25, 0.3) is 0 Å². The second-order valence-electron chi connectivity index (χ2n) is 7.70. The van der Waals surface area contributed by atoms with Gasteiger partial charge in [-0.25, -0.2) is 4.79 Å². The Morgan fingerprint density at radius 3 is 1.44 bits per heavy atom. The summed E-state index contributed by atoms with van der Waals surface area (Å²) in [6.07, 6.45) is 21.9. The van der Waals surface area contributed by atoms with Gasteiger partial charge in [0.1, 0.15) is 0 Å². The monoisotopic (exact) mass is 352 g/mol. The van der Waals surface area contributed by atoms with Crippen LogP contribution in [0.1, 0.15) is 123 Å². The lowest BCUT2D eigenvalue weighted by atomic mass is 9.89. The molecule has 0 radical (unpaired) electrons. The molecule has 0 aromatic heterocycles. The lowest BCUT2D eigenvalue weighted by Gasteiger charge is -2.16. The van der Waals surface area contributed by atoms with E-state index in [0.717, 1.165) is 32.1 Å². The van der Waals surface area contributed by atoms with E-state index in [1.165, 1.54) is 77.0 Å². The zero-order valence-corrected chi connectivity index (χ0v) is 17.2. The van der Waals surface area contributed by atoms with Crippen LogP contribution in [0.4, 0.5) is 0 Å². The maximum Gasteiger partial charge on any atom is 0.331 e. The van der Waals surface area contributed by atoms with Crippen molar-refractivity contribution >= 4 is 5.97 Å². The van der Waals surface area contributed by atoms with E-state index in [1.54, 1.807) is 0 Å². The fourth-order valence-electron chi connectivity index (χ4n) is 3.53. The number of carboxylic acid groups (broad SMARTS) is 1. The van der Waals surface area contributed by atoms with Crippen LogP contribution in [0.5, 0.6) is 0 Å². The molecule has 0 aliphatic rings. The number of unbranched alkanes of at least 4 members (excludes halogenated alkanes) is 13. The molecule has 1 N–H and O–H groups in total. The molecule has 0 rings (SSSR count). The Balaban J connectivity index is 3.50. The molecule has 0 aromatic rings. The molecule has 1 atom stereocenters. The number of aliphatic carboxylic acids is 1. The summed E-state index contributed by atoms with van der Waals surface area (Å²) in [6, 6.07) is 0. The third-order valence-corrected chi connectivity index (χ3v) is 5.33. The Morgan fingerprint density at radius 1 is 0.680 bits per heavy atom. The van der Waals surface area contributed by atoms with Gasteiger partial charge in [-0.05, 0) is 18.8 Å². The summed E-state index contributed by atoms with van der Waals surface area (Å²) in [6.45, 7) is 8.22. The molecular weight excluding hydrogens is 308 g/mol. The molecule has 0 spiro atoms. The van der Waals surface area contributed by atoms with Gasteiger partial charge in [0.2, 0.25) is 0 Å². The minimum atomic E-state index is -0.809. The molecule has 1 unspecified atom stereocenters. The minimum Gasteiger partial charge on any atom is -0.478 e. The van der Waals surface area contributed by atoms with Gasteiger partial charge in [-0.3, -0.25) is 0 Å². The van der Waals surface area contributed by atoms with Gasteiger partial charge in [-0.2, -0.15) is 0 Å². The van der Waals surface area contributed by atoms with Gasteiger partial charge in [-0.1, -0.05) is 117 Å². The SMILES string of the molecule is C=C(C(=O)O)C(CCCC)CCCCCCCCCCCCCCC. The van der Waals surface area contributed by atoms with E-state index in [2.05, 4.69) is 20.4 Å². The van der Waals surface area contributed by atoms with E-state index >= 15 is 0 Å². The third-order valence-electron chi connectivity index (χ3n) is 5.33. The van der Waals surface area contributed by atoms with Crippen LogP contribution >= 0.6 is 0 Å². The molecule has 0 aliphatic carbocycles. The fraction of sp³-hybridized carbons (Fsp3) is 0.870. The maximum atomic E-state index is 11.1. The molecule has 0 aliphatic heterocycles. The second-order valence-corrected chi connectivity index (χ2v) is 7.70. The molecule has 0 heterocycles. The first kappa shape index (κ1) is 24.2. The molecule has 0 saturated heterocycles. The van der Waals surface area contributed by atoms with Crippen molar-refractivity contribution in [2.45, 2.75) is 123 Å². The largest absolute Gasteiger partial charge is 0.478 e. The van der Waals surface area contributed by atoms with Crippen LogP contribution < -0.4 is 0 Å². The summed E-state index contributed by atoms with van der Waals surface area (Å²) < 4.78 is 0. The molecule has 0 bridgehead atoms. The lowest BCUT2D eigenvalue weighted by molar-refractivity contribution is -0.133. The first-order chi connectivity index (χ1) is 12.1. The Hall–Kier alpha value is -0.790. The highest BCUT2D eigenvalue weighted by molar-refractivity contribution is 5.86. The van der Waals surface area contributed by atoms with Crippen LogP contribution in [-0.4, -0.2) is 11.1 Å². The number of carbonyl (C=O) groups is 1. The van der Waals surface area contributed by atoms with Crippen LogP contribution in [-0.2, 0) is 4.79 Å². The molecule has 25 heavy (non-hydrogen) atoms. The number of rotatable bonds is 19. The summed E-state index contributed by atoms with van der Waals surface area (Å²) in [7, 11) is 0. The van der Waals surface area contributed by atoms with E-state index in [-0.39, 0.29) is 5.92 Å². The van der Waals surface area contributed by atoms with Crippen LogP contribution in [0.15, 0.2) is 12.2 Å². The van der Waals surface area contributed by atoms with E-state index in [0.29, 0.717) is 5.57 Å². The number of carboxylic acids is 1.